The Morgan fingerprint density at radius 3 is 2.35 bits per heavy atom. The molecule has 0 saturated heterocycles. The van der Waals surface area contributed by atoms with Gasteiger partial charge in [-0.1, -0.05) is 36.4 Å². The zero-order valence-electron chi connectivity index (χ0n) is 21.5. The van der Waals surface area contributed by atoms with Gasteiger partial charge in [-0.2, -0.15) is 15.0 Å². The second-order valence-corrected chi connectivity index (χ2v) is 12.4. The lowest BCUT2D eigenvalue weighted by Gasteiger charge is -2.31. The first-order valence-corrected chi connectivity index (χ1v) is 14.8. The van der Waals surface area contributed by atoms with Crippen molar-refractivity contribution in [3.63, 3.8) is 0 Å². The van der Waals surface area contributed by atoms with Gasteiger partial charge < -0.3 is 16.4 Å². The van der Waals surface area contributed by atoms with E-state index in [1.807, 2.05) is 44.2 Å². The molecule has 9 nitrogen and oxygen atoms in total. The van der Waals surface area contributed by atoms with Gasteiger partial charge in [0, 0.05) is 24.0 Å². The maximum atomic E-state index is 13.1. The minimum atomic E-state index is -3.60. The summed E-state index contributed by atoms with van der Waals surface area (Å²) < 4.78 is 29.1. The van der Waals surface area contributed by atoms with Crippen molar-refractivity contribution in [1.82, 2.24) is 19.7 Å². The van der Waals surface area contributed by atoms with Crippen molar-refractivity contribution in [3.8, 4) is 0 Å². The Morgan fingerprint density at radius 1 is 0.919 bits per heavy atom. The lowest BCUT2D eigenvalue weighted by atomic mass is 9.78. The molecule has 2 aliphatic rings. The van der Waals surface area contributed by atoms with Gasteiger partial charge in [0.1, 0.15) is 0 Å². The summed E-state index contributed by atoms with van der Waals surface area (Å²) in [5, 5.41) is 8.30. The van der Waals surface area contributed by atoms with Crippen LogP contribution in [0.3, 0.4) is 0 Å². The van der Waals surface area contributed by atoms with E-state index >= 15 is 0 Å². The van der Waals surface area contributed by atoms with Crippen LogP contribution in [-0.4, -0.2) is 42.0 Å². The van der Waals surface area contributed by atoms with E-state index in [1.54, 1.807) is 12.1 Å². The molecule has 1 aromatic heterocycles. The number of anilines is 2. The number of benzene rings is 2. The Labute approximate surface area is 219 Å². The molecule has 0 spiro atoms. The Balaban J connectivity index is 1.20. The van der Waals surface area contributed by atoms with Crippen molar-refractivity contribution in [3.05, 3.63) is 48.3 Å². The van der Waals surface area contributed by atoms with Gasteiger partial charge in [-0.15, -0.1) is 0 Å². The molecular formula is C27H37N7O2S. The zero-order valence-corrected chi connectivity index (χ0v) is 22.3. The van der Waals surface area contributed by atoms with Gasteiger partial charge in [0.15, 0.2) is 5.82 Å². The maximum Gasteiger partial charge on any atom is 0.241 e. The molecule has 3 aromatic rings. The molecule has 1 unspecified atom stereocenters. The molecule has 0 radical (unpaired) electrons. The lowest BCUT2D eigenvalue weighted by molar-refractivity contribution is 0.240. The summed E-state index contributed by atoms with van der Waals surface area (Å²) >= 11 is 0. The molecule has 2 fully saturated rings. The highest BCUT2D eigenvalue weighted by Crippen LogP contribution is 2.35. The molecule has 10 heteroatoms. The van der Waals surface area contributed by atoms with Gasteiger partial charge in [-0.3, -0.25) is 0 Å². The minimum absolute atomic E-state index is 0.202. The van der Waals surface area contributed by atoms with Gasteiger partial charge in [0.25, 0.3) is 0 Å². The fourth-order valence-electron chi connectivity index (χ4n) is 5.04. The summed E-state index contributed by atoms with van der Waals surface area (Å²) in [6, 6.07) is 13.3. The topological polar surface area (TPSA) is 135 Å². The van der Waals surface area contributed by atoms with E-state index in [4.69, 9.17) is 5.73 Å². The number of fused-ring (bicyclic) bond motifs is 1. The predicted molar refractivity (Wildman–Crippen MR) is 147 cm³/mol. The molecular weight excluding hydrogens is 486 g/mol. The van der Waals surface area contributed by atoms with Crippen molar-refractivity contribution >= 4 is 32.7 Å². The van der Waals surface area contributed by atoms with Crippen LogP contribution in [0.1, 0.15) is 64.2 Å². The van der Waals surface area contributed by atoms with Crippen LogP contribution >= 0.6 is 0 Å². The third-order valence-corrected chi connectivity index (χ3v) is 8.76. The van der Waals surface area contributed by atoms with Crippen LogP contribution in [0.4, 0.5) is 11.9 Å². The number of hydrogen-bond donors (Lipinski definition) is 4. The van der Waals surface area contributed by atoms with Crippen LogP contribution in [-0.2, 0) is 10.0 Å². The average molecular weight is 524 g/mol. The van der Waals surface area contributed by atoms with E-state index in [-0.39, 0.29) is 23.9 Å². The summed E-state index contributed by atoms with van der Waals surface area (Å²) in [5.41, 5.74) is 6.68. The van der Waals surface area contributed by atoms with Gasteiger partial charge in [0.05, 0.1) is 10.9 Å². The molecule has 2 saturated carbocycles. The number of nitrogens with two attached hydrogens (primary N) is 1. The lowest BCUT2D eigenvalue weighted by Crippen LogP contribution is -2.34. The third-order valence-electron chi connectivity index (χ3n) is 7.28. The quantitative estimate of drug-likeness (QED) is 0.310. The van der Waals surface area contributed by atoms with Crippen LogP contribution < -0.4 is 21.1 Å². The number of sulfonamides is 1. The van der Waals surface area contributed by atoms with E-state index in [2.05, 4.69) is 30.3 Å². The highest BCUT2D eigenvalue weighted by Gasteiger charge is 2.30. The second kappa shape index (κ2) is 10.9. The number of nitrogens with one attached hydrogen (secondary N) is 3. The SMILES string of the molecule is CC(C)Nc1nc(NC2CC2)nc(C(N)C2CCC(CNS(=O)(=O)c3cccc4ccccc34)CC2)n1. The molecule has 0 aliphatic heterocycles. The van der Waals surface area contributed by atoms with Crippen molar-refractivity contribution in [2.75, 3.05) is 17.2 Å². The number of hydrogen-bond acceptors (Lipinski definition) is 8. The first-order chi connectivity index (χ1) is 17.8. The Bertz CT molecular complexity index is 1310. The zero-order chi connectivity index (χ0) is 26.0. The Hall–Kier alpha value is -2.82. The molecule has 198 valence electrons. The third kappa shape index (κ3) is 6.37. The molecule has 2 aromatic carbocycles. The smallest absolute Gasteiger partial charge is 0.241 e. The average Bonchev–Trinajstić information content (AvgIpc) is 3.70. The minimum Gasteiger partial charge on any atom is -0.352 e. The summed E-state index contributed by atoms with van der Waals surface area (Å²) in [4.78, 5) is 14.1. The first kappa shape index (κ1) is 25.8. The molecule has 2 aliphatic carbocycles. The predicted octanol–water partition coefficient (Wildman–Crippen LogP) is 4.20. The maximum absolute atomic E-state index is 13.1. The van der Waals surface area contributed by atoms with E-state index < -0.39 is 10.0 Å². The highest BCUT2D eigenvalue weighted by molar-refractivity contribution is 7.89. The monoisotopic (exact) mass is 523 g/mol. The molecule has 0 amide bonds. The molecule has 5 rings (SSSR count). The van der Waals surface area contributed by atoms with Gasteiger partial charge in [-0.25, -0.2) is 13.1 Å². The van der Waals surface area contributed by atoms with Crippen LogP contribution in [0, 0.1) is 11.8 Å². The summed E-state index contributed by atoms with van der Waals surface area (Å²) in [5.74, 6) is 2.27. The molecule has 5 N–H and O–H groups in total. The molecule has 1 heterocycles. The van der Waals surface area contributed by atoms with Crippen LogP contribution in [0.2, 0.25) is 0 Å². The molecule has 37 heavy (non-hydrogen) atoms. The molecule has 1 atom stereocenters. The number of rotatable bonds is 10. The fraction of sp³-hybridized carbons (Fsp3) is 0.519. The normalized spacial score (nSPS) is 21.2. The van der Waals surface area contributed by atoms with Crippen molar-refractivity contribution in [1.29, 1.82) is 0 Å². The van der Waals surface area contributed by atoms with Crippen molar-refractivity contribution in [2.24, 2.45) is 17.6 Å². The first-order valence-electron chi connectivity index (χ1n) is 13.3. The van der Waals surface area contributed by atoms with E-state index in [0.29, 0.717) is 35.2 Å². The Morgan fingerprint density at radius 2 is 1.62 bits per heavy atom. The van der Waals surface area contributed by atoms with Crippen molar-refractivity contribution < 1.29 is 8.42 Å². The van der Waals surface area contributed by atoms with Gasteiger partial charge in [0.2, 0.25) is 21.9 Å². The summed E-state index contributed by atoms with van der Waals surface area (Å²) in [7, 11) is -3.60. The van der Waals surface area contributed by atoms with Crippen LogP contribution in [0.5, 0.6) is 0 Å². The van der Waals surface area contributed by atoms with Crippen LogP contribution in [0.15, 0.2) is 47.4 Å². The number of aromatic nitrogens is 3. The van der Waals surface area contributed by atoms with E-state index in [1.165, 1.54) is 0 Å². The second-order valence-electron chi connectivity index (χ2n) is 10.7. The van der Waals surface area contributed by atoms with Crippen LogP contribution in [0.25, 0.3) is 10.8 Å². The van der Waals surface area contributed by atoms with E-state index in [9.17, 15) is 8.42 Å². The van der Waals surface area contributed by atoms with Crippen molar-refractivity contribution in [2.45, 2.75) is 75.4 Å². The number of nitrogens with zero attached hydrogens (tertiary/aromatic N) is 3. The van der Waals surface area contributed by atoms with Gasteiger partial charge in [-0.05, 0) is 75.7 Å². The Kier molecular flexibility index (Phi) is 7.60. The van der Waals surface area contributed by atoms with Gasteiger partial charge >= 0.3 is 0 Å². The highest BCUT2D eigenvalue weighted by atomic mass is 32.2. The fourth-order valence-corrected chi connectivity index (χ4v) is 6.38. The standard InChI is InChI=1S/C27H37N7O2S/c1-17(2)30-26-32-25(33-27(34-26)31-21-14-15-21)24(28)20-12-10-18(11-13-20)16-29-37(35,36)23-9-5-7-19-6-3-4-8-22(19)23/h3-9,17-18,20-21,24,29H,10-16,28H2,1-2H3,(H2,30,31,32,33,34). The summed E-state index contributed by atoms with van der Waals surface area (Å²) in [6.07, 6.45) is 5.90. The largest absolute Gasteiger partial charge is 0.352 e. The van der Waals surface area contributed by atoms with E-state index in [0.717, 1.165) is 49.3 Å². The molecule has 0 bridgehead atoms. The summed E-state index contributed by atoms with van der Waals surface area (Å²) in [6.45, 7) is 4.53.